The minimum Gasteiger partial charge on any atom is -0.486 e. The lowest BCUT2D eigenvalue weighted by Crippen LogP contribution is -2.50. The summed E-state index contributed by atoms with van der Waals surface area (Å²) in [7, 11) is 0. The molecule has 0 atom stereocenters. The van der Waals surface area contributed by atoms with Crippen LogP contribution in [0.3, 0.4) is 0 Å². The summed E-state index contributed by atoms with van der Waals surface area (Å²) in [6.45, 7) is 4.29. The summed E-state index contributed by atoms with van der Waals surface area (Å²) in [6, 6.07) is 13.4. The van der Waals surface area contributed by atoms with E-state index in [1.165, 1.54) is 0 Å². The van der Waals surface area contributed by atoms with Crippen LogP contribution in [0, 0.1) is 0 Å². The van der Waals surface area contributed by atoms with E-state index in [4.69, 9.17) is 21.1 Å². The molecule has 8 heteroatoms. The molecule has 0 bridgehead atoms. The van der Waals surface area contributed by atoms with Crippen molar-refractivity contribution in [2.45, 2.75) is 6.54 Å². The number of hydrogen-bond donors (Lipinski definition) is 1. The van der Waals surface area contributed by atoms with Crippen molar-refractivity contribution in [1.29, 1.82) is 0 Å². The molecule has 2 amide bonds. The molecule has 168 valence electrons. The van der Waals surface area contributed by atoms with E-state index in [-0.39, 0.29) is 11.8 Å². The predicted molar refractivity (Wildman–Crippen MR) is 123 cm³/mol. The zero-order valence-electron chi connectivity index (χ0n) is 17.8. The molecule has 1 saturated heterocycles. The van der Waals surface area contributed by atoms with Gasteiger partial charge < -0.3 is 19.7 Å². The summed E-state index contributed by atoms with van der Waals surface area (Å²) in [4.78, 5) is 28.7. The maximum absolute atomic E-state index is 12.6. The number of carbonyl (C=O) groups is 2. The molecule has 32 heavy (non-hydrogen) atoms. The summed E-state index contributed by atoms with van der Waals surface area (Å²) in [5, 5.41) is 3.41. The van der Waals surface area contributed by atoms with Crippen molar-refractivity contribution in [2.24, 2.45) is 0 Å². The lowest BCUT2D eigenvalue weighted by atomic mass is 10.1. The van der Waals surface area contributed by atoms with Gasteiger partial charge in [-0.15, -0.1) is 0 Å². The Balaban J connectivity index is 1.23. The average Bonchev–Trinajstić information content (AvgIpc) is 2.82. The fourth-order valence-corrected chi connectivity index (χ4v) is 3.96. The zero-order chi connectivity index (χ0) is 22.3. The molecule has 0 radical (unpaired) electrons. The van der Waals surface area contributed by atoms with Gasteiger partial charge in [0, 0.05) is 38.8 Å². The summed E-state index contributed by atoms with van der Waals surface area (Å²) >= 11 is 6.25. The largest absolute Gasteiger partial charge is 0.486 e. The minimum absolute atomic E-state index is 0.0102. The number of carbonyl (C=O) groups excluding carboxylic acids is 2. The molecular weight excluding hydrogens is 430 g/mol. The standard InChI is InChI=1S/C24H26ClN3O4/c25-20-14-19(15-21-24(20)32-13-12-31-21)6-7-23(30)28-10-8-27(9-11-28)17-22(29)26-16-18-4-2-1-3-5-18/h1-7,14-15H,8-13,16-17H2,(H,26,29)/b7-6+. The van der Waals surface area contributed by atoms with Crippen LogP contribution in [0.4, 0.5) is 0 Å². The van der Waals surface area contributed by atoms with E-state index in [0.29, 0.717) is 69.0 Å². The molecule has 7 nitrogen and oxygen atoms in total. The Morgan fingerprint density at radius 3 is 2.56 bits per heavy atom. The molecule has 1 fully saturated rings. The van der Waals surface area contributed by atoms with Crippen LogP contribution >= 0.6 is 11.6 Å². The van der Waals surface area contributed by atoms with Gasteiger partial charge in [0.2, 0.25) is 11.8 Å². The number of nitrogens with one attached hydrogen (secondary N) is 1. The second-order valence-electron chi connectivity index (χ2n) is 7.72. The van der Waals surface area contributed by atoms with Crippen molar-refractivity contribution in [2.75, 3.05) is 45.9 Å². The second kappa shape index (κ2) is 10.5. The van der Waals surface area contributed by atoms with Crippen LogP contribution < -0.4 is 14.8 Å². The highest BCUT2D eigenvalue weighted by molar-refractivity contribution is 6.32. The molecule has 2 aromatic rings. The smallest absolute Gasteiger partial charge is 0.246 e. The molecule has 0 spiro atoms. The number of ether oxygens (including phenoxy) is 2. The van der Waals surface area contributed by atoms with E-state index in [1.807, 2.05) is 36.4 Å². The summed E-state index contributed by atoms with van der Waals surface area (Å²) in [5.41, 5.74) is 1.85. The van der Waals surface area contributed by atoms with E-state index < -0.39 is 0 Å². The fraction of sp³-hybridized carbons (Fsp3) is 0.333. The quantitative estimate of drug-likeness (QED) is 0.678. The molecule has 0 aromatic heterocycles. The molecule has 0 unspecified atom stereocenters. The SMILES string of the molecule is O=C(CN1CCN(C(=O)/C=C/c2cc(Cl)c3c(c2)OCCO3)CC1)NCc1ccccc1. The van der Waals surface area contributed by atoms with E-state index in [1.54, 1.807) is 23.1 Å². The van der Waals surface area contributed by atoms with E-state index in [0.717, 1.165) is 11.1 Å². The van der Waals surface area contributed by atoms with Gasteiger partial charge in [0.15, 0.2) is 11.5 Å². The monoisotopic (exact) mass is 455 g/mol. The minimum atomic E-state index is -0.0656. The van der Waals surface area contributed by atoms with E-state index in [9.17, 15) is 9.59 Å². The zero-order valence-corrected chi connectivity index (χ0v) is 18.5. The number of benzene rings is 2. The van der Waals surface area contributed by atoms with Crippen LogP contribution in [0.25, 0.3) is 6.08 Å². The summed E-state index contributed by atoms with van der Waals surface area (Å²) < 4.78 is 11.1. The van der Waals surface area contributed by atoms with Crippen LogP contribution in [0.15, 0.2) is 48.5 Å². The van der Waals surface area contributed by atoms with Crippen LogP contribution in [-0.4, -0.2) is 67.6 Å². The number of fused-ring (bicyclic) bond motifs is 1. The van der Waals surface area contributed by atoms with Gasteiger partial charge in [0.05, 0.1) is 11.6 Å². The van der Waals surface area contributed by atoms with Gasteiger partial charge in [-0.1, -0.05) is 41.9 Å². The fourth-order valence-electron chi connectivity index (χ4n) is 3.68. The van der Waals surface area contributed by atoms with Crippen LogP contribution in [0.2, 0.25) is 5.02 Å². The normalized spacial score (nSPS) is 16.2. The summed E-state index contributed by atoms with van der Waals surface area (Å²) in [6.07, 6.45) is 3.28. The van der Waals surface area contributed by atoms with Crippen molar-refractivity contribution in [3.05, 3.63) is 64.7 Å². The number of amides is 2. The number of halogens is 1. The third-order valence-electron chi connectivity index (χ3n) is 5.42. The topological polar surface area (TPSA) is 71.1 Å². The van der Waals surface area contributed by atoms with Crippen LogP contribution in [0.5, 0.6) is 11.5 Å². The first-order valence-corrected chi connectivity index (χ1v) is 11.1. The number of piperazine rings is 1. The van der Waals surface area contributed by atoms with Crippen molar-refractivity contribution in [1.82, 2.24) is 15.1 Å². The van der Waals surface area contributed by atoms with Gasteiger partial charge in [0.25, 0.3) is 0 Å². The Morgan fingerprint density at radius 2 is 1.78 bits per heavy atom. The maximum Gasteiger partial charge on any atom is 0.246 e. The molecule has 4 rings (SSSR count). The molecule has 2 aromatic carbocycles. The predicted octanol–water partition coefficient (Wildman–Crippen LogP) is 2.59. The molecule has 0 aliphatic carbocycles. The molecule has 1 N–H and O–H groups in total. The van der Waals surface area contributed by atoms with Crippen molar-refractivity contribution >= 4 is 29.5 Å². The number of rotatable bonds is 6. The van der Waals surface area contributed by atoms with Crippen LogP contribution in [-0.2, 0) is 16.1 Å². The molecule has 2 heterocycles. The maximum atomic E-state index is 12.6. The third kappa shape index (κ3) is 5.81. The average molecular weight is 456 g/mol. The first-order valence-electron chi connectivity index (χ1n) is 10.7. The molecule has 2 aliphatic heterocycles. The highest BCUT2D eigenvalue weighted by Gasteiger charge is 2.21. The lowest BCUT2D eigenvalue weighted by molar-refractivity contribution is -0.128. The third-order valence-corrected chi connectivity index (χ3v) is 5.70. The highest BCUT2D eigenvalue weighted by atomic mass is 35.5. The van der Waals surface area contributed by atoms with E-state index >= 15 is 0 Å². The van der Waals surface area contributed by atoms with Gasteiger partial charge in [-0.25, -0.2) is 0 Å². The summed E-state index contributed by atoms with van der Waals surface area (Å²) in [5.74, 6) is 1.06. The first-order chi connectivity index (χ1) is 15.6. The number of nitrogens with zero attached hydrogens (tertiary/aromatic N) is 2. The van der Waals surface area contributed by atoms with Crippen LogP contribution in [0.1, 0.15) is 11.1 Å². The van der Waals surface area contributed by atoms with Gasteiger partial charge in [0.1, 0.15) is 13.2 Å². The lowest BCUT2D eigenvalue weighted by Gasteiger charge is -2.33. The molecule has 2 aliphatic rings. The van der Waals surface area contributed by atoms with Crippen molar-refractivity contribution < 1.29 is 19.1 Å². The van der Waals surface area contributed by atoms with Gasteiger partial charge in [-0.2, -0.15) is 0 Å². The molecule has 0 saturated carbocycles. The Kier molecular flexibility index (Phi) is 7.29. The van der Waals surface area contributed by atoms with Gasteiger partial charge in [-0.05, 0) is 29.3 Å². The second-order valence-corrected chi connectivity index (χ2v) is 8.13. The van der Waals surface area contributed by atoms with Gasteiger partial charge >= 0.3 is 0 Å². The highest BCUT2D eigenvalue weighted by Crippen LogP contribution is 2.38. The Morgan fingerprint density at radius 1 is 1.03 bits per heavy atom. The van der Waals surface area contributed by atoms with E-state index in [2.05, 4.69) is 10.2 Å². The Hall–Kier alpha value is -3.03. The van der Waals surface area contributed by atoms with Gasteiger partial charge in [-0.3, -0.25) is 14.5 Å². The Bertz CT molecular complexity index is 988. The number of hydrogen-bond acceptors (Lipinski definition) is 5. The van der Waals surface area contributed by atoms with Crippen molar-refractivity contribution in [3.63, 3.8) is 0 Å². The van der Waals surface area contributed by atoms with Crippen molar-refractivity contribution in [3.8, 4) is 11.5 Å². The molecular formula is C24H26ClN3O4. The first kappa shape index (κ1) is 22.2. The Labute approximate surface area is 192 Å².